The minimum Gasteiger partial charge on any atom is -0.383 e. The molecular weight excluding hydrogens is 275 g/mol. The monoisotopic (exact) mass is 292 g/mol. The lowest BCUT2D eigenvalue weighted by atomic mass is 10.3. The van der Waals surface area contributed by atoms with Crippen LogP contribution < -0.4 is 5.32 Å². The highest BCUT2D eigenvalue weighted by molar-refractivity contribution is 7.99. The number of nitrogens with one attached hydrogen (secondary N) is 1. The van der Waals surface area contributed by atoms with Gasteiger partial charge in [0, 0.05) is 31.3 Å². The summed E-state index contributed by atoms with van der Waals surface area (Å²) in [4.78, 5) is 5.22. The maximum atomic E-state index is 13.1. The lowest BCUT2D eigenvalue weighted by molar-refractivity contribution is 0.199. The highest BCUT2D eigenvalue weighted by Gasteiger charge is 2.01. The van der Waals surface area contributed by atoms with Crippen molar-refractivity contribution in [2.75, 3.05) is 20.3 Å². The van der Waals surface area contributed by atoms with E-state index in [2.05, 4.69) is 10.3 Å². The Morgan fingerprint density at radius 1 is 1.30 bits per heavy atom. The molecule has 0 bridgehead atoms. The number of aromatic nitrogens is 1. The van der Waals surface area contributed by atoms with Gasteiger partial charge in [0.1, 0.15) is 10.8 Å². The van der Waals surface area contributed by atoms with E-state index in [4.69, 9.17) is 4.74 Å². The zero-order valence-corrected chi connectivity index (χ0v) is 12.1. The van der Waals surface area contributed by atoms with Crippen molar-refractivity contribution in [2.24, 2.45) is 0 Å². The number of nitrogens with zero attached hydrogens (tertiary/aromatic N) is 1. The first-order chi connectivity index (χ1) is 9.78. The number of ether oxygens (including phenoxy) is 1. The summed E-state index contributed by atoms with van der Waals surface area (Å²) in [7, 11) is 1.68. The van der Waals surface area contributed by atoms with Crippen LogP contribution in [0.1, 0.15) is 5.56 Å². The van der Waals surface area contributed by atoms with Crippen molar-refractivity contribution in [3.63, 3.8) is 0 Å². The predicted molar refractivity (Wildman–Crippen MR) is 78.3 cm³/mol. The molecule has 0 fully saturated rings. The number of methoxy groups -OCH3 is 1. The number of benzene rings is 1. The molecule has 5 heteroatoms. The molecule has 1 N–H and O–H groups in total. The molecule has 1 aromatic heterocycles. The highest BCUT2D eigenvalue weighted by Crippen LogP contribution is 2.26. The van der Waals surface area contributed by atoms with Gasteiger partial charge >= 0.3 is 0 Å². The Kier molecular flexibility index (Phi) is 5.98. The molecule has 0 atom stereocenters. The van der Waals surface area contributed by atoms with Gasteiger partial charge < -0.3 is 10.1 Å². The van der Waals surface area contributed by atoms with Gasteiger partial charge in [-0.2, -0.15) is 0 Å². The standard InChI is InChI=1S/C15H17FN2OS/c1-19-8-7-17-10-12-5-6-15(18-11-12)20-14-4-2-3-13(16)9-14/h2-6,9,11,17H,7-8,10H2,1H3. The van der Waals surface area contributed by atoms with E-state index >= 15 is 0 Å². The molecule has 0 saturated carbocycles. The summed E-state index contributed by atoms with van der Waals surface area (Å²) in [5.41, 5.74) is 1.12. The van der Waals surface area contributed by atoms with Crippen molar-refractivity contribution >= 4 is 11.8 Å². The summed E-state index contributed by atoms with van der Waals surface area (Å²) in [6.07, 6.45) is 1.83. The van der Waals surface area contributed by atoms with Crippen molar-refractivity contribution in [1.29, 1.82) is 0 Å². The predicted octanol–water partition coefficient (Wildman–Crippen LogP) is 3.11. The Morgan fingerprint density at radius 2 is 2.20 bits per heavy atom. The van der Waals surface area contributed by atoms with E-state index in [0.29, 0.717) is 6.61 Å². The minimum atomic E-state index is -0.228. The molecule has 0 aliphatic carbocycles. The summed E-state index contributed by atoms with van der Waals surface area (Å²) < 4.78 is 18.0. The van der Waals surface area contributed by atoms with E-state index in [1.165, 1.54) is 23.9 Å². The average Bonchev–Trinajstić information content (AvgIpc) is 2.45. The second kappa shape index (κ2) is 7.99. The smallest absolute Gasteiger partial charge is 0.124 e. The molecule has 0 unspecified atom stereocenters. The van der Waals surface area contributed by atoms with Gasteiger partial charge in [0.25, 0.3) is 0 Å². The summed E-state index contributed by atoms with van der Waals surface area (Å²) >= 11 is 1.45. The van der Waals surface area contributed by atoms with Gasteiger partial charge in [0.05, 0.1) is 6.61 Å². The van der Waals surface area contributed by atoms with E-state index in [1.54, 1.807) is 13.2 Å². The van der Waals surface area contributed by atoms with Crippen molar-refractivity contribution < 1.29 is 9.13 Å². The van der Waals surface area contributed by atoms with E-state index in [1.807, 2.05) is 24.4 Å². The van der Waals surface area contributed by atoms with Crippen LogP contribution in [0.25, 0.3) is 0 Å². The van der Waals surface area contributed by atoms with E-state index in [-0.39, 0.29) is 5.82 Å². The van der Waals surface area contributed by atoms with Crippen LogP contribution in [0.2, 0.25) is 0 Å². The quantitative estimate of drug-likeness (QED) is 0.795. The molecule has 0 saturated heterocycles. The van der Waals surface area contributed by atoms with Crippen molar-refractivity contribution in [3.8, 4) is 0 Å². The molecule has 2 aromatic rings. The highest BCUT2D eigenvalue weighted by atomic mass is 32.2. The second-order valence-corrected chi connectivity index (χ2v) is 5.33. The van der Waals surface area contributed by atoms with Gasteiger partial charge in [-0.05, 0) is 29.8 Å². The number of rotatable bonds is 7. The number of halogens is 1. The third-order valence-corrected chi connectivity index (χ3v) is 3.57. The van der Waals surface area contributed by atoms with Crippen molar-refractivity contribution in [2.45, 2.75) is 16.5 Å². The molecule has 1 heterocycles. The molecule has 2 rings (SSSR count). The molecule has 20 heavy (non-hydrogen) atoms. The SMILES string of the molecule is COCCNCc1ccc(Sc2cccc(F)c2)nc1. The maximum absolute atomic E-state index is 13.1. The first-order valence-corrected chi connectivity index (χ1v) is 7.17. The van der Waals surface area contributed by atoms with Gasteiger partial charge in [0.15, 0.2) is 0 Å². The summed E-state index contributed by atoms with van der Waals surface area (Å²) in [6.45, 7) is 2.28. The lowest BCUT2D eigenvalue weighted by Crippen LogP contribution is -2.18. The third-order valence-electron chi connectivity index (χ3n) is 2.63. The van der Waals surface area contributed by atoms with Crippen LogP contribution in [0.3, 0.4) is 0 Å². The first kappa shape index (κ1) is 15.0. The van der Waals surface area contributed by atoms with Gasteiger partial charge in [-0.15, -0.1) is 0 Å². The van der Waals surface area contributed by atoms with Gasteiger partial charge in [-0.25, -0.2) is 9.37 Å². The van der Waals surface area contributed by atoms with E-state index in [0.717, 1.165) is 28.6 Å². The van der Waals surface area contributed by atoms with Crippen LogP contribution in [0.4, 0.5) is 4.39 Å². The van der Waals surface area contributed by atoms with Crippen LogP contribution in [0.5, 0.6) is 0 Å². The number of hydrogen-bond donors (Lipinski definition) is 1. The average molecular weight is 292 g/mol. The van der Waals surface area contributed by atoms with Crippen molar-refractivity contribution in [3.05, 3.63) is 54.0 Å². The zero-order valence-electron chi connectivity index (χ0n) is 11.3. The fourth-order valence-electron chi connectivity index (χ4n) is 1.63. The summed E-state index contributed by atoms with van der Waals surface area (Å²) in [5, 5.41) is 4.12. The molecule has 1 aromatic carbocycles. The van der Waals surface area contributed by atoms with Gasteiger partial charge in [-0.1, -0.05) is 23.9 Å². The summed E-state index contributed by atoms with van der Waals surface area (Å²) in [5.74, 6) is -0.228. The molecule has 0 radical (unpaired) electrons. The Hall–Kier alpha value is -1.43. The number of hydrogen-bond acceptors (Lipinski definition) is 4. The first-order valence-electron chi connectivity index (χ1n) is 6.36. The topological polar surface area (TPSA) is 34.1 Å². The molecule has 0 aliphatic rings. The van der Waals surface area contributed by atoms with E-state index < -0.39 is 0 Å². The zero-order chi connectivity index (χ0) is 14.2. The van der Waals surface area contributed by atoms with Gasteiger partial charge in [0.2, 0.25) is 0 Å². The minimum absolute atomic E-state index is 0.228. The summed E-state index contributed by atoms with van der Waals surface area (Å²) in [6, 6.07) is 10.5. The Balaban J connectivity index is 1.88. The van der Waals surface area contributed by atoms with Crippen LogP contribution in [-0.4, -0.2) is 25.2 Å². The number of pyridine rings is 1. The maximum Gasteiger partial charge on any atom is 0.124 e. The van der Waals surface area contributed by atoms with Crippen LogP contribution in [0, 0.1) is 5.82 Å². The third kappa shape index (κ3) is 4.92. The lowest BCUT2D eigenvalue weighted by Gasteiger charge is -2.05. The molecule has 0 amide bonds. The largest absolute Gasteiger partial charge is 0.383 e. The molecule has 0 aliphatic heterocycles. The molecule has 3 nitrogen and oxygen atoms in total. The Labute approximate surface area is 122 Å². The van der Waals surface area contributed by atoms with Crippen LogP contribution in [0.15, 0.2) is 52.5 Å². The van der Waals surface area contributed by atoms with Crippen molar-refractivity contribution in [1.82, 2.24) is 10.3 Å². The normalized spacial score (nSPS) is 10.7. The Morgan fingerprint density at radius 3 is 2.90 bits per heavy atom. The second-order valence-electron chi connectivity index (χ2n) is 4.23. The molecule has 0 spiro atoms. The molecular formula is C15H17FN2OS. The fourth-order valence-corrected chi connectivity index (χ4v) is 2.44. The van der Waals surface area contributed by atoms with Crippen LogP contribution >= 0.6 is 11.8 Å². The van der Waals surface area contributed by atoms with Crippen LogP contribution in [-0.2, 0) is 11.3 Å². The fraction of sp³-hybridized carbons (Fsp3) is 0.267. The van der Waals surface area contributed by atoms with E-state index in [9.17, 15) is 4.39 Å². The Bertz CT molecular complexity index is 534. The van der Waals surface area contributed by atoms with Gasteiger partial charge in [-0.3, -0.25) is 0 Å². The molecule has 106 valence electrons.